The number of hydrogen-bond donors (Lipinski definition) is 2. The minimum Gasteiger partial charge on any atom is -0.361 e. The van der Waals surface area contributed by atoms with E-state index in [1.54, 1.807) is 0 Å². The first kappa shape index (κ1) is 18.6. The summed E-state index contributed by atoms with van der Waals surface area (Å²) in [6, 6.07) is 17.0. The highest BCUT2D eigenvalue weighted by molar-refractivity contribution is 5.83. The van der Waals surface area contributed by atoms with E-state index in [9.17, 15) is 4.79 Å². The fourth-order valence-electron chi connectivity index (χ4n) is 3.82. The van der Waals surface area contributed by atoms with Crippen molar-refractivity contribution in [2.75, 3.05) is 32.7 Å². The van der Waals surface area contributed by atoms with Crippen molar-refractivity contribution in [1.82, 2.24) is 20.1 Å². The third-order valence-corrected chi connectivity index (χ3v) is 5.53. The summed E-state index contributed by atoms with van der Waals surface area (Å²) < 4.78 is 0. The first-order valence-electron chi connectivity index (χ1n) is 10.0. The molecule has 5 heteroatoms. The van der Waals surface area contributed by atoms with Crippen molar-refractivity contribution < 1.29 is 4.79 Å². The molecule has 3 aromatic rings. The van der Waals surface area contributed by atoms with Crippen LogP contribution >= 0.6 is 0 Å². The van der Waals surface area contributed by atoms with Gasteiger partial charge < -0.3 is 15.2 Å². The summed E-state index contributed by atoms with van der Waals surface area (Å²) in [6.07, 6.45) is 2.88. The lowest BCUT2D eigenvalue weighted by Gasteiger charge is -2.34. The van der Waals surface area contributed by atoms with Crippen LogP contribution in [-0.4, -0.2) is 53.5 Å². The quantitative estimate of drug-likeness (QED) is 0.716. The number of H-pyrrole nitrogens is 1. The van der Waals surface area contributed by atoms with Crippen LogP contribution in [0.4, 0.5) is 4.79 Å². The van der Waals surface area contributed by atoms with Crippen molar-refractivity contribution in [2.45, 2.75) is 19.9 Å². The minimum absolute atomic E-state index is 0.0508. The predicted molar refractivity (Wildman–Crippen MR) is 113 cm³/mol. The number of piperazine rings is 1. The number of hydrogen-bond acceptors (Lipinski definition) is 2. The number of aryl methyl sites for hydroxylation is 1. The summed E-state index contributed by atoms with van der Waals surface area (Å²) in [5, 5.41) is 4.32. The van der Waals surface area contributed by atoms with Gasteiger partial charge >= 0.3 is 6.03 Å². The third-order valence-electron chi connectivity index (χ3n) is 5.53. The molecule has 0 spiro atoms. The summed E-state index contributed by atoms with van der Waals surface area (Å²) in [7, 11) is 0. The Labute approximate surface area is 166 Å². The summed E-state index contributed by atoms with van der Waals surface area (Å²) in [5.74, 6) is 0. The van der Waals surface area contributed by atoms with E-state index in [-0.39, 0.29) is 6.03 Å². The number of carbonyl (C=O) groups is 1. The van der Waals surface area contributed by atoms with Crippen LogP contribution in [0.5, 0.6) is 0 Å². The Kier molecular flexibility index (Phi) is 5.63. The number of aromatic nitrogens is 1. The monoisotopic (exact) mass is 376 g/mol. The maximum atomic E-state index is 12.5. The van der Waals surface area contributed by atoms with Gasteiger partial charge in [-0.05, 0) is 30.5 Å². The lowest BCUT2D eigenvalue weighted by molar-refractivity contribution is 0.135. The van der Waals surface area contributed by atoms with Crippen molar-refractivity contribution in [3.8, 4) is 0 Å². The highest BCUT2D eigenvalue weighted by Gasteiger charge is 2.20. The Balaban J connectivity index is 1.21. The van der Waals surface area contributed by atoms with Crippen LogP contribution in [0.2, 0.25) is 0 Å². The second-order valence-corrected chi connectivity index (χ2v) is 7.59. The maximum Gasteiger partial charge on any atom is 0.317 e. The molecule has 0 unspecified atom stereocenters. The van der Waals surface area contributed by atoms with Gasteiger partial charge in [-0.2, -0.15) is 0 Å². The standard InChI is InChI=1S/C23H28N4O/c1-18-6-8-19(9-7-18)17-26-12-14-27(15-13-26)23(28)24-11-10-20-16-25-22-5-3-2-4-21(20)22/h2-9,16,25H,10-15,17H2,1H3,(H,24,28). The molecule has 28 heavy (non-hydrogen) atoms. The molecule has 1 aliphatic rings. The van der Waals surface area contributed by atoms with Crippen LogP contribution in [0.3, 0.4) is 0 Å². The molecule has 1 aromatic heterocycles. The molecule has 2 N–H and O–H groups in total. The van der Waals surface area contributed by atoms with Crippen molar-refractivity contribution in [2.24, 2.45) is 0 Å². The van der Waals surface area contributed by atoms with Crippen molar-refractivity contribution >= 4 is 16.9 Å². The summed E-state index contributed by atoms with van der Waals surface area (Å²) in [6.45, 7) is 7.13. The van der Waals surface area contributed by atoms with Gasteiger partial charge in [-0.3, -0.25) is 4.90 Å². The smallest absolute Gasteiger partial charge is 0.317 e. The molecule has 0 bridgehead atoms. The summed E-state index contributed by atoms with van der Waals surface area (Å²) in [5.41, 5.74) is 5.02. The Morgan fingerprint density at radius 3 is 2.57 bits per heavy atom. The lowest BCUT2D eigenvalue weighted by Crippen LogP contribution is -2.51. The zero-order chi connectivity index (χ0) is 19.3. The number of nitrogens with one attached hydrogen (secondary N) is 2. The van der Waals surface area contributed by atoms with E-state index >= 15 is 0 Å². The Morgan fingerprint density at radius 2 is 1.79 bits per heavy atom. The number of aromatic amines is 1. The number of urea groups is 1. The molecule has 1 saturated heterocycles. The van der Waals surface area contributed by atoms with E-state index in [2.05, 4.69) is 58.5 Å². The average Bonchev–Trinajstić information content (AvgIpc) is 3.13. The third kappa shape index (κ3) is 4.37. The molecule has 4 rings (SSSR count). The number of para-hydroxylation sites is 1. The molecule has 0 aliphatic carbocycles. The maximum absolute atomic E-state index is 12.5. The largest absolute Gasteiger partial charge is 0.361 e. The van der Waals surface area contributed by atoms with E-state index < -0.39 is 0 Å². The summed E-state index contributed by atoms with van der Waals surface area (Å²) >= 11 is 0. The molecule has 1 aliphatic heterocycles. The van der Waals surface area contributed by atoms with Gasteiger partial charge in [0.2, 0.25) is 0 Å². The number of nitrogens with zero attached hydrogens (tertiary/aromatic N) is 2. The minimum atomic E-state index is 0.0508. The molecular weight excluding hydrogens is 348 g/mol. The predicted octanol–water partition coefficient (Wildman–Crippen LogP) is 3.55. The van der Waals surface area contributed by atoms with Gasteiger partial charge in [-0.25, -0.2) is 4.79 Å². The molecule has 2 heterocycles. The average molecular weight is 377 g/mol. The van der Waals surface area contributed by atoms with Crippen LogP contribution in [0, 0.1) is 6.92 Å². The highest BCUT2D eigenvalue weighted by Crippen LogP contribution is 2.17. The van der Waals surface area contributed by atoms with Gasteiger partial charge in [0.15, 0.2) is 0 Å². The van der Waals surface area contributed by atoms with Gasteiger partial charge in [-0.15, -0.1) is 0 Å². The first-order valence-corrected chi connectivity index (χ1v) is 10.0. The molecule has 5 nitrogen and oxygen atoms in total. The topological polar surface area (TPSA) is 51.4 Å². The fourth-order valence-corrected chi connectivity index (χ4v) is 3.82. The van der Waals surface area contributed by atoms with Gasteiger partial charge in [0, 0.05) is 56.4 Å². The molecule has 2 aromatic carbocycles. The second kappa shape index (κ2) is 8.48. The van der Waals surface area contributed by atoms with Crippen LogP contribution in [0.15, 0.2) is 54.7 Å². The van der Waals surface area contributed by atoms with Gasteiger partial charge in [-0.1, -0.05) is 48.0 Å². The van der Waals surface area contributed by atoms with Gasteiger partial charge in [0.25, 0.3) is 0 Å². The molecule has 0 atom stereocenters. The van der Waals surface area contributed by atoms with Crippen LogP contribution in [0.1, 0.15) is 16.7 Å². The number of amides is 2. The lowest BCUT2D eigenvalue weighted by atomic mass is 10.1. The number of benzene rings is 2. The zero-order valence-corrected chi connectivity index (χ0v) is 16.4. The van der Waals surface area contributed by atoms with E-state index in [1.165, 1.54) is 22.1 Å². The normalized spacial score (nSPS) is 15.1. The molecule has 1 fully saturated rings. The van der Waals surface area contributed by atoms with Crippen molar-refractivity contribution in [1.29, 1.82) is 0 Å². The van der Waals surface area contributed by atoms with Gasteiger partial charge in [0.1, 0.15) is 0 Å². The number of rotatable bonds is 5. The molecule has 0 saturated carbocycles. The van der Waals surface area contributed by atoms with Crippen LogP contribution in [-0.2, 0) is 13.0 Å². The van der Waals surface area contributed by atoms with Crippen molar-refractivity contribution in [3.63, 3.8) is 0 Å². The SMILES string of the molecule is Cc1ccc(CN2CCN(C(=O)NCCc3c[nH]c4ccccc34)CC2)cc1. The molecular formula is C23H28N4O. The van der Waals surface area contributed by atoms with Gasteiger partial charge in [0.05, 0.1) is 0 Å². The molecule has 0 radical (unpaired) electrons. The van der Waals surface area contributed by atoms with Crippen LogP contribution in [0.25, 0.3) is 10.9 Å². The Morgan fingerprint density at radius 1 is 1.04 bits per heavy atom. The van der Waals surface area contributed by atoms with E-state index in [0.29, 0.717) is 6.54 Å². The molecule has 146 valence electrons. The second-order valence-electron chi connectivity index (χ2n) is 7.59. The molecule has 2 amide bonds. The van der Waals surface area contributed by atoms with E-state index in [1.807, 2.05) is 23.2 Å². The summed E-state index contributed by atoms with van der Waals surface area (Å²) in [4.78, 5) is 20.1. The van der Waals surface area contributed by atoms with Crippen LogP contribution < -0.4 is 5.32 Å². The highest BCUT2D eigenvalue weighted by atomic mass is 16.2. The first-order chi connectivity index (χ1) is 13.7. The van der Waals surface area contributed by atoms with E-state index in [4.69, 9.17) is 0 Å². The number of fused-ring (bicyclic) bond motifs is 1. The zero-order valence-electron chi connectivity index (χ0n) is 16.4. The van der Waals surface area contributed by atoms with E-state index in [0.717, 1.165) is 44.7 Å². The Hall–Kier alpha value is -2.79. The Bertz CT molecular complexity index is 923. The van der Waals surface area contributed by atoms with Crippen molar-refractivity contribution in [3.05, 3.63) is 71.4 Å². The number of carbonyl (C=O) groups excluding carboxylic acids is 1. The fraction of sp³-hybridized carbons (Fsp3) is 0.348.